The zero-order valence-corrected chi connectivity index (χ0v) is 13.5. The van der Waals surface area contributed by atoms with Gasteiger partial charge >= 0.3 is 0 Å². The number of amides is 1. The van der Waals surface area contributed by atoms with Crippen molar-refractivity contribution in [2.75, 3.05) is 26.3 Å². The second-order valence-electron chi connectivity index (χ2n) is 8.57. The van der Waals surface area contributed by atoms with Gasteiger partial charge in [-0.15, -0.1) is 0 Å². The van der Waals surface area contributed by atoms with Gasteiger partial charge in [0.1, 0.15) is 0 Å². The maximum absolute atomic E-state index is 12.8. The molecule has 4 aliphatic carbocycles. The molecule has 0 aromatic heterocycles. The molecule has 4 nitrogen and oxygen atoms in total. The first-order valence-corrected chi connectivity index (χ1v) is 8.45. The quantitative estimate of drug-likeness (QED) is 0.737. The van der Waals surface area contributed by atoms with Crippen molar-refractivity contribution in [3.8, 4) is 0 Å². The molecule has 0 aromatic rings. The average Bonchev–Trinajstić information content (AvgIpc) is 2.33. The number of nitrogens with two attached hydrogens (primary N) is 1. The number of hydrogen-bond acceptors (Lipinski definition) is 3. The zero-order chi connectivity index (χ0) is 15.1. The SMILES string of the molecule is CC12CC3CC(C)(C1)CC(C(=O)NCCOCCN)(C3)C2. The first-order valence-electron chi connectivity index (χ1n) is 8.45. The summed E-state index contributed by atoms with van der Waals surface area (Å²) in [6.07, 6.45) is 7.25. The van der Waals surface area contributed by atoms with E-state index in [4.69, 9.17) is 10.5 Å². The van der Waals surface area contributed by atoms with E-state index in [0.29, 0.717) is 37.1 Å². The van der Waals surface area contributed by atoms with Crippen molar-refractivity contribution in [1.82, 2.24) is 5.32 Å². The summed E-state index contributed by atoms with van der Waals surface area (Å²) in [7, 11) is 0. The fourth-order valence-electron chi connectivity index (χ4n) is 6.31. The second-order valence-corrected chi connectivity index (χ2v) is 8.57. The van der Waals surface area contributed by atoms with E-state index in [9.17, 15) is 4.79 Å². The molecule has 4 heteroatoms. The van der Waals surface area contributed by atoms with Gasteiger partial charge in [-0.3, -0.25) is 4.79 Å². The van der Waals surface area contributed by atoms with E-state index in [-0.39, 0.29) is 11.3 Å². The smallest absolute Gasteiger partial charge is 0.226 e. The Morgan fingerprint density at radius 3 is 2.38 bits per heavy atom. The average molecular weight is 294 g/mol. The number of hydrogen-bond donors (Lipinski definition) is 2. The predicted molar refractivity (Wildman–Crippen MR) is 82.7 cm³/mol. The van der Waals surface area contributed by atoms with E-state index in [1.54, 1.807) is 0 Å². The van der Waals surface area contributed by atoms with Gasteiger partial charge in [-0.2, -0.15) is 0 Å². The van der Waals surface area contributed by atoms with Crippen molar-refractivity contribution in [3.05, 3.63) is 0 Å². The van der Waals surface area contributed by atoms with Crippen LogP contribution in [0.1, 0.15) is 52.4 Å². The summed E-state index contributed by atoms with van der Waals surface area (Å²) < 4.78 is 5.35. The highest BCUT2D eigenvalue weighted by atomic mass is 16.5. The number of carbonyl (C=O) groups excluding carboxylic acids is 1. The molecule has 4 aliphatic rings. The lowest BCUT2D eigenvalue weighted by Gasteiger charge is -2.64. The van der Waals surface area contributed by atoms with Gasteiger partial charge < -0.3 is 15.8 Å². The van der Waals surface area contributed by atoms with Crippen molar-refractivity contribution >= 4 is 5.91 Å². The number of carbonyl (C=O) groups is 1. The zero-order valence-electron chi connectivity index (χ0n) is 13.5. The summed E-state index contributed by atoms with van der Waals surface area (Å²) in [4.78, 5) is 12.8. The molecule has 1 amide bonds. The minimum Gasteiger partial charge on any atom is -0.378 e. The Morgan fingerprint density at radius 2 is 1.81 bits per heavy atom. The van der Waals surface area contributed by atoms with Gasteiger partial charge in [-0.1, -0.05) is 13.8 Å². The minimum absolute atomic E-state index is 0.100. The molecule has 3 N–H and O–H groups in total. The standard InChI is InChI=1S/C17H30N2O2/c1-15-7-13-8-16(2,10-15)12-17(9-13,11-15)14(20)19-4-6-21-5-3-18/h13H,3-12,18H2,1-2H3,(H,19,20). The van der Waals surface area contributed by atoms with Gasteiger partial charge in [-0.25, -0.2) is 0 Å². The van der Waals surface area contributed by atoms with Crippen molar-refractivity contribution in [2.45, 2.75) is 52.4 Å². The van der Waals surface area contributed by atoms with Gasteiger partial charge in [-0.05, 0) is 55.3 Å². The van der Waals surface area contributed by atoms with Crippen LogP contribution < -0.4 is 11.1 Å². The summed E-state index contributed by atoms with van der Waals surface area (Å²) in [6, 6.07) is 0. The van der Waals surface area contributed by atoms with E-state index in [2.05, 4.69) is 19.2 Å². The molecule has 0 heterocycles. The van der Waals surface area contributed by atoms with Crippen LogP contribution in [0.5, 0.6) is 0 Å². The molecule has 2 unspecified atom stereocenters. The van der Waals surface area contributed by atoms with Crippen LogP contribution in [-0.2, 0) is 9.53 Å². The molecule has 4 fully saturated rings. The van der Waals surface area contributed by atoms with E-state index >= 15 is 0 Å². The fraction of sp³-hybridized carbons (Fsp3) is 0.941. The summed E-state index contributed by atoms with van der Waals surface area (Å²) in [5.74, 6) is 1.04. The van der Waals surface area contributed by atoms with E-state index in [1.807, 2.05) is 0 Å². The van der Waals surface area contributed by atoms with Crippen LogP contribution in [0.2, 0.25) is 0 Å². The number of rotatable bonds is 6. The van der Waals surface area contributed by atoms with Gasteiger partial charge in [0.15, 0.2) is 0 Å². The van der Waals surface area contributed by atoms with Gasteiger partial charge in [0.25, 0.3) is 0 Å². The van der Waals surface area contributed by atoms with Gasteiger partial charge in [0, 0.05) is 13.1 Å². The topological polar surface area (TPSA) is 64.3 Å². The van der Waals surface area contributed by atoms with Crippen LogP contribution in [0.3, 0.4) is 0 Å². The van der Waals surface area contributed by atoms with E-state index < -0.39 is 0 Å². The van der Waals surface area contributed by atoms with Crippen LogP contribution in [0.4, 0.5) is 0 Å². The Morgan fingerprint density at radius 1 is 1.14 bits per heavy atom. The molecule has 0 aliphatic heterocycles. The van der Waals surface area contributed by atoms with Crippen molar-refractivity contribution in [2.24, 2.45) is 27.9 Å². The second kappa shape index (κ2) is 5.24. The first kappa shape index (κ1) is 15.3. The minimum atomic E-state index is -0.100. The van der Waals surface area contributed by atoms with Crippen molar-refractivity contribution in [3.63, 3.8) is 0 Å². The molecule has 0 saturated heterocycles. The van der Waals surface area contributed by atoms with Crippen LogP contribution in [0, 0.1) is 22.2 Å². The Labute approximate surface area is 128 Å². The first-order chi connectivity index (χ1) is 9.89. The molecule has 0 spiro atoms. The van der Waals surface area contributed by atoms with E-state index in [0.717, 1.165) is 25.2 Å². The molecular weight excluding hydrogens is 264 g/mol. The molecule has 4 bridgehead atoms. The normalized spacial score (nSPS) is 44.0. The monoisotopic (exact) mass is 294 g/mol. The lowest BCUT2D eigenvalue weighted by molar-refractivity contribution is -0.170. The predicted octanol–water partition coefficient (Wildman–Crippen LogP) is 2.07. The van der Waals surface area contributed by atoms with Crippen LogP contribution in [0.15, 0.2) is 0 Å². The highest BCUT2D eigenvalue weighted by Gasteiger charge is 2.62. The number of ether oxygens (including phenoxy) is 1. The molecule has 120 valence electrons. The molecule has 4 saturated carbocycles. The Hall–Kier alpha value is -0.610. The molecule has 2 atom stereocenters. The third-order valence-electron chi connectivity index (χ3n) is 5.90. The Kier molecular flexibility index (Phi) is 3.81. The van der Waals surface area contributed by atoms with Crippen LogP contribution >= 0.6 is 0 Å². The molecule has 0 aromatic carbocycles. The van der Waals surface area contributed by atoms with Gasteiger partial charge in [0.2, 0.25) is 5.91 Å². The largest absolute Gasteiger partial charge is 0.378 e. The Bertz CT molecular complexity index is 405. The fourth-order valence-corrected chi connectivity index (χ4v) is 6.31. The molecule has 4 rings (SSSR count). The summed E-state index contributed by atoms with van der Waals surface area (Å²) in [5, 5.41) is 3.13. The lowest BCUT2D eigenvalue weighted by atomic mass is 9.40. The third kappa shape index (κ3) is 2.85. The summed E-state index contributed by atoms with van der Waals surface area (Å²) >= 11 is 0. The molecular formula is C17H30N2O2. The molecule has 21 heavy (non-hydrogen) atoms. The highest BCUT2D eigenvalue weighted by Crippen LogP contribution is 2.69. The number of nitrogens with one attached hydrogen (secondary N) is 1. The van der Waals surface area contributed by atoms with Crippen molar-refractivity contribution in [1.29, 1.82) is 0 Å². The van der Waals surface area contributed by atoms with Crippen molar-refractivity contribution < 1.29 is 9.53 Å². The maximum atomic E-state index is 12.8. The maximum Gasteiger partial charge on any atom is 0.226 e. The summed E-state index contributed by atoms with van der Waals surface area (Å²) in [6.45, 7) is 7.09. The van der Waals surface area contributed by atoms with Crippen LogP contribution in [0.25, 0.3) is 0 Å². The van der Waals surface area contributed by atoms with Crippen LogP contribution in [-0.4, -0.2) is 32.2 Å². The lowest BCUT2D eigenvalue weighted by Crippen LogP contribution is -2.60. The highest BCUT2D eigenvalue weighted by molar-refractivity contribution is 5.83. The Balaban J connectivity index is 1.63. The third-order valence-corrected chi connectivity index (χ3v) is 5.90. The van der Waals surface area contributed by atoms with Gasteiger partial charge in [0.05, 0.1) is 18.6 Å². The molecule has 0 radical (unpaired) electrons. The van der Waals surface area contributed by atoms with E-state index in [1.165, 1.54) is 19.3 Å². The summed E-state index contributed by atoms with van der Waals surface area (Å²) in [5.41, 5.74) is 6.07.